The van der Waals surface area contributed by atoms with Crippen molar-refractivity contribution in [3.63, 3.8) is 0 Å². The van der Waals surface area contributed by atoms with Crippen molar-refractivity contribution in [3.8, 4) is 11.4 Å². The number of aryl methyl sites for hydroxylation is 2. The highest BCUT2D eigenvalue weighted by Gasteiger charge is 2.29. The zero-order chi connectivity index (χ0) is 24.1. The number of piperidine rings is 1. The van der Waals surface area contributed by atoms with Crippen LogP contribution in [0.5, 0.6) is 0 Å². The van der Waals surface area contributed by atoms with Crippen LogP contribution in [0.1, 0.15) is 74.1 Å². The van der Waals surface area contributed by atoms with Gasteiger partial charge >= 0.3 is 0 Å². The predicted molar refractivity (Wildman–Crippen MR) is 140 cm³/mol. The Morgan fingerprint density at radius 1 is 0.943 bits per heavy atom. The van der Waals surface area contributed by atoms with E-state index in [0.717, 1.165) is 30.1 Å². The van der Waals surface area contributed by atoms with E-state index in [2.05, 4.69) is 44.0 Å². The third-order valence-electron chi connectivity index (χ3n) is 8.45. The van der Waals surface area contributed by atoms with Gasteiger partial charge in [-0.25, -0.2) is 9.50 Å². The van der Waals surface area contributed by atoms with Crippen LogP contribution < -0.4 is 5.56 Å². The van der Waals surface area contributed by atoms with Gasteiger partial charge in [0.15, 0.2) is 0 Å². The summed E-state index contributed by atoms with van der Waals surface area (Å²) in [5, 5.41) is 4.80. The van der Waals surface area contributed by atoms with Crippen molar-refractivity contribution in [3.05, 3.63) is 69.3 Å². The molecule has 0 spiro atoms. The summed E-state index contributed by atoms with van der Waals surface area (Å²) in [4.78, 5) is 20.7. The van der Waals surface area contributed by atoms with E-state index in [1.54, 1.807) is 10.5 Å². The van der Waals surface area contributed by atoms with Gasteiger partial charge in [0.05, 0.1) is 11.2 Å². The Morgan fingerprint density at radius 2 is 1.71 bits per heavy atom. The Hall–Kier alpha value is -2.99. The molecule has 1 saturated carbocycles. The molecule has 4 aromatic rings. The molecule has 4 aromatic heterocycles. The molecule has 6 rings (SSSR count). The second-order valence-corrected chi connectivity index (χ2v) is 10.4. The van der Waals surface area contributed by atoms with E-state index in [4.69, 9.17) is 10.1 Å². The molecular weight excluding hydrogens is 434 g/mol. The first-order valence-electron chi connectivity index (χ1n) is 13.3. The Morgan fingerprint density at radius 3 is 2.40 bits per heavy atom. The molecule has 35 heavy (non-hydrogen) atoms. The number of hydrogen-bond acceptors (Lipinski definition) is 4. The van der Waals surface area contributed by atoms with Crippen molar-refractivity contribution in [2.24, 2.45) is 0 Å². The fourth-order valence-electron chi connectivity index (χ4n) is 6.23. The first kappa shape index (κ1) is 22.5. The summed E-state index contributed by atoms with van der Waals surface area (Å²) in [7, 11) is 0. The maximum Gasteiger partial charge on any atom is 0.258 e. The van der Waals surface area contributed by atoms with Crippen LogP contribution in [0.2, 0.25) is 0 Å². The van der Waals surface area contributed by atoms with E-state index in [0.29, 0.717) is 17.3 Å². The molecule has 5 heterocycles. The minimum absolute atomic E-state index is 0.0445. The first-order chi connectivity index (χ1) is 17.1. The smallest absolute Gasteiger partial charge is 0.258 e. The molecule has 0 unspecified atom stereocenters. The number of likely N-dealkylation sites (tertiary alicyclic amines) is 1. The average molecular weight is 470 g/mol. The van der Waals surface area contributed by atoms with E-state index in [1.807, 2.05) is 16.8 Å². The summed E-state index contributed by atoms with van der Waals surface area (Å²) < 4.78 is 3.66. The van der Waals surface area contributed by atoms with Gasteiger partial charge in [0.1, 0.15) is 11.3 Å². The normalized spacial score (nSPS) is 17.9. The van der Waals surface area contributed by atoms with Crippen LogP contribution in [0.25, 0.3) is 22.6 Å². The third-order valence-corrected chi connectivity index (χ3v) is 8.45. The molecule has 2 fully saturated rings. The molecule has 2 aliphatic rings. The highest BCUT2D eigenvalue weighted by Crippen LogP contribution is 2.33. The lowest BCUT2D eigenvalue weighted by Gasteiger charge is -2.41. The second-order valence-electron chi connectivity index (χ2n) is 10.4. The number of aromatic nitrogens is 4. The van der Waals surface area contributed by atoms with Gasteiger partial charge in [0.25, 0.3) is 5.56 Å². The number of hydrogen-bond donors (Lipinski definition) is 0. The molecule has 0 amide bonds. The van der Waals surface area contributed by atoms with Gasteiger partial charge in [-0.1, -0.05) is 26.3 Å². The molecule has 1 aliphatic carbocycles. The molecule has 0 aromatic carbocycles. The van der Waals surface area contributed by atoms with E-state index in [9.17, 15) is 4.79 Å². The SMILES string of the molecule is CCc1c(C)cn2nc(-c3cc(=O)n4cc(C5CCN(C6CCC6)CC5)ccc4n3)cc2c1CC. The fraction of sp³-hybridized carbons (Fsp3) is 0.483. The van der Waals surface area contributed by atoms with E-state index in [-0.39, 0.29) is 5.56 Å². The summed E-state index contributed by atoms with van der Waals surface area (Å²) in [5.74, 6) is 0.518. The van der Waals surface area contributed by atoms with Crippen molar-refractivity contribution in [2.45, 2.75) is 77.7 Å². The average Bonchev–Trinajstić information content (AvgIpc) is 3.26. The lowest BCUT2D eigenvalue weighted by atomic mass is 9.86. The van der Waals surface area contributed by atoms with Gasteiger partial charge in [-0.15, -0.1) is 0 Å². The molecular formula is C29H35N5O. The molecule has 1 saturated heterocycles. The van der Waals surface area contributed by atoms with Crippen LogP contribution in [0.3, 0.4) is 0 Å². The number of nitrogens with zero attached hydrogens (tertiary/aromatic N) is 5. The van der Waals surface area contributed by atoms with Crippen molar-refractivity contribution < 1.29 is 0 Å². The van der Waals surface area contributed by atoms with E-state index < -0.39 is 0 Å². The number of fused-ring (bicyclic) bond motifs is 2. The molecule has 6 nitrogen and oxygen atoms in total. The van der Waals surface area contributed by atoms with Gasteiger partial charge in [-0.3, -0.25) is 9.20 Å². The van der Waals surface area contributed by atoms with Crippen LogP contribution in [0, 0.1) is 6.92 Å². The van der Waals surface area contributed by atoms with Gasteiger partial charge in [-0.05, 0) is 98.8 Å². The van der Waals surface area contributed by atoms with Crippen LogP contribution in [0.4, 0.5) is 0 Å². The molecule has 0 atom stereocenters. The molecule has 0 N–H and O–H groups in total. The van der Waals surface area contributed by atoms with Gasteiger partial charge < -0.3 is 4.90 Å². The van der Waals surface area contributed by atoms with E-state index in [1.165, 1.54) is 67.4 Å². The summed E-state index contributed by atoms with van der Waals surface area (Å²) >= 11 is 0. The van der Waals surface area contributed by atoms with Crippen LogP contribution in [0.15, 0.2) is 41.5 Å². The van der Waals surface area contributed by atoms with Gasteiger partial charge in [0, 0.05) is 24.5 Å². The second kappa shape index (κ2) is 8.90. The molecule has 6 heteroatoms. The summed E-state index contributed by atoms with van der Waals surface area (Å²) in [5.41, 5.74) is 8.36. The highest BCUT2D eigenvalue weighted by molar-refractivity contribution is 5.69. The van der Waals surface area contributed by atoms with Gasteiger partial charge in [-0.2, -0.15) is 5.10 Å². The lowest BCUT2D eigenvalue weighted by Crippen LogP contribution is -2.44. The minimum Gasteiger partial charge on any atom is -0.300 e. The Labute approximate surface area is 206 Å². The Balaban J connectivity index is 1.32. The van der Waals surface area contributed by atoms with Crippen LogP contribution in [-0.2, 0) is 12.8 Å². The quantitative estimate of drug-likeness (QED) is 0.404. The molecule has 182 valence electrons. The summed E-state index contributed by atoms with van der Waals surface area (Å²) in [6, 6.07) is 8.72. The topological polar surface area (TPSA) is 54.9 Å². The predicted octanol–water partition coefficient (Wildman–Crippen LogP) is 5.17. The third kappa shape index (κ3) is 3.88. The fourth-order valence-corrected chi connectivity index (χ4v) is 6.23. The van der Waals surface area contributed by atoms with Crippen molar-refractivity contribution in [1.29, 1.82) is 0 Å². The van der Waals surface area contributed by atoms with Crippen LogP contribution >= 0.6 is 0 Å². The van der Waals surface area contributed by atoms with Crippen molar-refractivity contribution in [1.82, 2.24) is 23.9 Å². The summed E-state index contributed by atoms with van der Waals surface area (Å²) in [6.07, 6.45) is 12.5. The van der Waals surface area contributed by atoms with Crippen molar-refractivity contribution >= 4 is 11.2 Å². The van der Waals surface area contributed by atoms with Crippen molar-refractivity contribution in [2.75, 3.05) is 13.1 Å². The largest absolute Gasteiger partial charge is 0.300 e. The molecule has 0 bridgehead atoms. The zero-order valence-electron chi connectivity index (χ0n) is 21.1. The zero-order valence-corrected chi connectivity index (χ0v) is 21.1. The Bertz CT molecular complexity index is 1450. The monoisotopic (exact) mass is 469 g/mol. The number of rotatable bonds is 5. The van der Waals surface area contributed by atoms with Crippen LogP contribution in [-0.4, -0.2) is 43.0 Å². The maximum atomic E-state index is 13.2. The minimum atomic E-state index is -0.0445. The number of pyridine rings is 2. The molecule has 1 aliphatic heterocycles. The lowest BCUT2D eigenvalue weighted by molar-refractivity contribution is 0.0975. The summed E-state index contributed by atoms with van der Waals surface area (Å²) in [6.45, 7) is 8.88. The van der Waals surface area contributed by atoms with Gasteiger partial charge in [0.2, 0.25) is 0 Å². The first-order valence-corrected chi connectivity index (χ1v) is 13.3. The maximum absolute atomic E-state index is 13.2. The Kier molecular flexibility index (Phi) is 5.72. The molecule has 0 radical (unpaired) electrons. The highest BCUT2D eigenvalue weighted by atomic mass is 16.1. The standard InChI is InChI=1S/C29H35N5O/c1-4-23-19(3)17-34-27(24(23)5-2)15-26(31-34)25-16-29(35)33-18-21(9-10-28(33)30-25)20-11-13-32(14-12-20)22-7-6-8-22/h9-10,15-18,20,22H,4-8,11-14H2,1-3H3. The van der Waals surface area contributed by atoms with E-state index >= 15 is 0 Å².